The summed E-state index contributed by atoms with van der Waals surface area (Å²) in [5, 5.41) is 8.87. The highest BCUT2D eigenvalue weighted by Crippen LogP contribution is 2.22. The van der Waals surface area contributed by atoms with Crippen LogP contribution in [0.1, 0.15) is 5.56 Å². The summed E-state index contributed by atoms with van der Waals surface area (Å²) >= 11 is 0. The highest BCUT2D eigenvalue weighted by molar-refractivity contribution is 5.65. The Kier molecular flexibility index (Phi) is 3.89. The van der Waals surface area contributed by atoms with Crippen LogP contribution >= 0.6 is 0 Å². The topological polar surface area (TPSA) is 49.2 Å². The number of aliphatic hydroxyl groups excluding tert-OH is 1. The van der Waals surface area contributed by atoms with Crippen molar-refractivity contribution in [3.63, 3.8) is 0 Å². The number of anilines is 1. The molecule has 94 valence electrons. The molecule has 0 aliphatic heterocycles. The third-order valence-corrected chi connectivity index (χ3v) is 2.87. The van der Waals surface area contributed by atoms with Crippen molar-refractivity contribution in [1.29, 1.82) is 0 Å². The molecule has 18 heavy (non-hydrogen) atoms. The number of hydrogen-bond acceptors (Lipinski definition) is 4. The van der Waals surface area contributed by atoms with Gasteiger partial charge in [0.05, 0.1) is 6.61 Å². The Bertz CT molecular complexity index is 511. The summed E-state index contributed by atoms with van der Waals surface area (Å²) in [5.41, 5.74) is 3.36. The molecule has 2 rings (SSSR count). The first kappa shape index (κ1) is 12.5. The SMILES string of the molecule is Cc1ccccc1-c1cnc(N(C)CCO)nc1. The second-order valence-corrected chi connectivity index (χ2v) is 4.23. The Morgan fingerprint density at radius 2 is 1.83 bits per heavy atom. The van der Waals surface area contributed by atoms with Crippen molar-refractivity contribution in [2.24, 2.45) is 0 Å². The Hall–Kier alpha value is -1.94. The van der Waals surface area contributed by atoms with E-state index in [1.165, 1.54) is 5.56 Å². The van der Waals surface area contributed by atoms with E-state index in [1.54, 1.807) is 0 Å². The summed E-state index contributed by atoms with van der Waals surface area (Å²) in [6.07, 6.45) is 3.64. The van der Waals surface area contributed by atoms with Crippen LogP contribution in [0.2, 0.25) is 0 Å². The number of hydrogen-bond donors (Lipinski definition) is 1. The second kappa shape index (κ2) is 5.60. The summed E-state index contributed by atoms with van der Waals surface area (Å²) < 4.78 is 0. The average molecular weight is 243 g/mol. The number of rotatable bonds is 4. The van der Waals surface area contributed by atoms with Gasteiger partial charge in [-0.25, -0.2) is 9.97 Å². The van der Waals surface area contributed by atoms with Crippen molar-refractivity contribution >= 4 is 5.95 Å². The maximum absolute atomic E-state index is 8.87. The zero-order valence-corrected chi connectivity index (χ0v) is 10.7. The van der Waals surface area contributed by atoms with Crippen molar-refractivity contribution < 1.29 is 5.11 Å². The van der Waals surface area contributed by atoms with Gasteiger partial charge in [-0.1, -0.05) is 24.3 Å². The van der Waals surface area contributed by atoms with Crippen molar-refractivity contribution in [2.75, 3.05) is 25.1 Å². The Balaban J connectivity index is 2.25. The average Bonchev–Trinajstić information content (AvgIpc) is 2.40. The fraction of sp³-hybridized carbons (Fsp3) is 0.286. The number of likely N-dealkylation sites (N-methyl/N-ethyl adjacent to an activating group) is 1. The van der Waals surface area contributed by atoms with E-state index in [9.17, 15) is 0 Å². The summed E-state index contributed by atoms with van der Waals surface area (Å²) in [5.74, 6) is 0.626. The van der Waals surface area contributed by atoms with Crippen LogP contribution in [-0.2, 0) is 0 Å². The molecule has 1 aromatic heterocycles. The summed E-state index contributed by atoms with van der Waals surface area (Å²) in [4.78, 5) is 10.5. The van der Waals surface area contributed by atoms with Gasteiger partial charge in [-0.05, 0) is 18.1 Å². The van der Waals surface area contributed by atoms with E-state index in [2.05, 4.69) is 29.0 Å². The molecule has 4 nitrogen and oxygen atoms in total. The Morgan fingerprint density at radius 3 is 2.44 bits per heavy atom. The van der Waals surface area contributed by atoms with Gasteiger partial charge in [-0.2, -0.15) is 0 Å². The minimum atomic E-state index is 0.0966. The van der Waals surface area contributed by atoms with Gasteiger partial charge >= 0.3 is 0 Å². The number of aromatic nitrogens is 2. The van der Waals surface area contributed by atoms with Gasteiger partial charge in [-0.3, -0.25) is 0 Å². The molecular formula is C14H17N3O. The van der Waals surface area contributed by atoms with Gasteiger partial charge in [0.15, 0.2) is 0 Å². The van der Waals surface area contributed by atoms with E-state index in [1.807, 2.05) is 36.5 Å². The van der Waals surface area contributed by atoms with Crippen LogP contribution in [0.5, 0.6) is 0 Å². The zero-order valence-electron chi connectivity index (χ0n) is 10.7. The van der Waals surface area contributed by atoms with E-state index in [-0.39, 0.29) is 6.61 Å². The summed E-state index contributed by atoms with van der Waals surface area (Å²) in [6.45, 7) is 2.70. The van der Waals surface area contributed by atoms with Crippen molar-refractivity contribution in [3.8, 4) is 11.1 Å². The minimum Gasteiger partial charge on any atom is -0.395 e. The molecule has 0 bridgehead atoms. The molecule has 0 aliphatic rings. The molecule has 0 unspecified atom stereocenters. The van der Waals surface area contributed by atoms with E-state index in [4.69, 9.17) is 5.11 Å². The smallest absolute Gasteiger partial charge is 0.225 e. The molecule has 0 amide bonds. The maximum atomic E-state index is 8.87. The van der Waals surface area contributed by atoms with E-state index < -0.39 is 0 Å². The Morgan fingerprint density at radius 1 is 1.17 bits per heavy atom. The van der Waals surface area contributed by atoms with Gasteiger partial charge in [0.2, 0.25) is 5.95 Å². The molecule has 1 heterocycles. The normalized spacial score (nSPS) is 10.4. The van der Waals surface area contributed by atoms with Crippen LogP contribution in [0.3, 0.4) is 0 Å². The number of aliphatic hydroxyl groups is 1. The highest BCUT2D eigenvalue weighted by atomic mass is 16.3. The predicted molar refractivity (Wildman–Crippen MR) is 72.6 cm³/mol. The molecule has 2 aromatic rings. The van der Waals surface area contributed by atoms with Crippen molar-refractivity contribution in [1.82, 2.24) is 9.97 Å². The van der Waals surface area contributed by atoms with Gasteiger partial charge < -0.3 is 10.0 Å². The number of benzene rings is 1. The van der Waals surface area contributed by atoms with Crippen molar-refractivity contribution in [3.05, 3.63) is 42.2 Å². The molecule has 0 atom stereocenters. The van der Waals surface area contributed by atoms with E-state index in [0.717, 1.165) is 11.1 Å². The fourth-order valence-corrected chi connectivity index (χ4v) is 1.80. The predicted octanol–water partition coefficient (Wildman–Crippen LogP) is 1.88. The lowest BCUT2D eigenvalue weighted by Gasteiger charge is -2.15. The lowest BCUT2D eigenvalue weighted by atomic mass is 10.0. The highest BCUT2D eigenvalue weighted by Gasteiger charge is 2.05. The summed E-state index contributed by atoms with van der Waals surface area (Å²) in [7, 11) is 1.86. The van der Waals surface area contributed by atoms with Crippen LogP contribution in [0.25, 0.3) is 11.1 Å². The first-order valence-electron chi connectivity index (χ1n) is 5.92. The molecule has 0 saturated heterocycles. The van der Waals surface area contributed by atoms with Gasteiger partial charge in [0, 0.05) is 31.5 Å². The monoisotopic (exact) mass is 243 g/mol. The molecule has 1 aromatic carbocycles. The molecule has 0 radical (unpaired) electrons. The standard InChI is InChI=1S/C14H17N3O/c1-11-5-3-4-6-13(11)12-9-15-14(16-10-12)17(2)7-8-18/h3-6,9-10,18H,7-8H2,1-2H3. The van der Waals surface area contributed by atoms with Crippen LogP contribution < -0.4 is 4.90 Å². The third-order valence-electron chi connectivity index (χ3n) is 2.87. The van der Waals surface area contributed by atoms with Gasteiger partial charge in [-0.15, -0.1) is 0 Å². The summed E-state index contributed by atoms with van der Waals surface area (Å²) in [6, 6.07) is 8.16. The lowest BCUT2D eigenvalue weighted by molar-refractivity contribution is 0.303. The van der Waals surface area contributed by atoms with E-state index in [0.29, 0.717) is 12.5 Å². The van der Waals surface area contributed by atoms with Crippen LogP contribution in [0.15, 0.2) is 36.7 Å². The van der Waals surface area contributed by atoms with Crippen molar-refractivity contribution in [2.45, 2.75) is 6.92 Å². The molecule has 0 aliphatic carbocycles. The van der Waals surface area contributed by atoms with Crippen LogP contribution in [-0.4, -0.2) is 35.3 Å². The van der Waals surface area contributed by atoms with Crippen LogP contribution in [0.4, 0.5) is 5.95 Å². The molecule has 1 N–H and O–H groups in total. The van der Waals surface area contributed by atoms with Gasteiger partial charge in [0.25, 0.3) is 0 Å². The second-order valence-electron chi connectivity index (χ2n) is 4.23. The fourth-order valence-electron chi connectivity index (χ4n) is 1.80. The van der Waals surface area contributed by atoms with Gasteiger partial charge in [0.1, 0.15) is 0 Å². The number of nitrogens with zero attached hydrogens (tertiary/aromatic N) is 3. The Labute approximate surface area is 107 Å². The molecule has 0 spiro atoms. The lowest BCUT2D eigenvalue weighted by Crippen LogP contribution is -2.23. The van der Waals surface area contributed by atoms with E-state index >= 15 is 0 Å². The first-order valence-corrected chi connectivity index (χ1v) is 5.92. The third kappa shape index (κ3) is 2.65. The first-order chi connectivity index (χ1) is 8.72. The molecule has 0 saturated carbocycles. The number of aryl methyl sites for hydroxylation is 1. The quantitative estimate of drug-likeness (QED) is 0.890. The zero-order chi connectivity index (χ0) is 13.0. The largest absolute Gasteiger partial charge is 0.395 e. The molecule has 4 heteroatoms. The minimum absolute atomic E-state index is 0.0966. The maximum Gasteiger partial charge on any atom is 0.225 e. The molecular weight excluding hydrogens is 226 g/mol. The molecule has 0 fully saturated rings. The van der Waals surface area contributed by atoms with Crippen LogP contribution in [0, 0.1) is 6.92 Å².